The Hall–Kier alpha value is -4.01. The Morgan fingerprint density at radius 1 is 1.06 bits per heavy atom. The number of nitrogens with zero attached hydrogens (tertiary/aromatic N) is 2. The van der Waals surface area contributed by atoms with Gasteiger partial charge in [-0.15, -0.1) is 0 Å². The number of rotatable bonds is 7. The fourth-order valence-electron chi connectivity index (χ4n) is 2.68. The first-order valence-corrected chi connectivity index (χ1v) is 9.43. The zero-order chi connectivity index (χ0) is 22.8. The Morgan fingerprint density at radius 2 is 1.74 bits per heavy atom. The normalized spacial score (nSPS) is 9.90. The van der Waals surface area contributed by atoms with E-state index in [4.69, 9.17) is 29.3 Å². The van der Waals surface area contributed by atoms with Crippen LogP contribution in [-0.4, -0.2) is 45.4 Å². The Balaban J connectivity index is 0.000000501. The van der Waals surface area contributed by atoms with Gasteiger partial charge in [0.15, 0.2) is 0 Å². The summed E-state index contributed by atoms with van der Waals surface area (Å²) in [6, 6.07) is 16.1. The van der Waals surface area contributed by atoms with Crippen LogP contribution in [0.15, 0.2) is 54.7 Å². The summed E-state index contributed by atoms with van der Waals surface area (Å²) in [5.74, 6) is -1.09. The maximum atomic E-state index is 9.10. The molecule has 0 radical (unpaired) electrons. The summed E-state index contributed by atoms with van der Waals surface area (Å²) in [5, 5.41) is 18.2. The first-order chi connectivity index (χ1) is 14.8. The Bertz CT molecular complexity index is 1000. The second-order valence-corrected chi connectivity index (χ2v) is 6.30. The fraction of sp³-hybridized carbons (Fsp3) is 0.227. The molecule has 0 saturated heterocycles. The number of hydrogen-bond donors (Lipinski definition) is 3. The zero-order valence-electron chi connectivity index (χ0n) is 17.5. The molecular weight excluding hydrogens is 402 g/mol. The summed E-state index contributed by atoms with van der Waals surface area (Å²) in [6.07, 6.45) is 1.87. The number of hydrogen-bond acceptors (Lipinski definition) is 6. The first-order valence-electron chi connectivity index (χ1n) is 9.43. The third kappa shape index (κ3) is 6.77. The maximum absolute atomic E-state index is 9.10. The predicted molar refractivity (Wildman–Crippen MR) is 115 cm³/mol. The second-order valence-electron chi connectivity index (χ2n) is 6.30. The lowest BCUT2D eigenvalue weighted by Crippen LogP contribution is -2.09. The number of nitrogens with one attached hydrogen (secondary N) is 1. The Kier molecular flexibility index (Phi) is 8.44. The molecule has 0 spiro atoms. The molecule has 3 N–H and O–H groups in total. The third-order valence-corrected chi connectivity index (χ3v) is 4.22. The minimum absolute atomic E-state index is 0.678. The van der Waals surface area contributed by atoms with Gasteiger partial charge in [0.2, 0.25) is 5.95 Å². The number of carboxylic acid groups (broad SMARTS) is 2. The Labute approximate surface area is 179 Å². The smallest absolute Gasteiger partial charge is 0.414 e. The number of ether oxygens (including phenoxy) is 2. The quantitative estimate of drug-likeness (QED) is 0.491. The molecule has 0 atom stereocenters. The number of aliphatic carboxylic acids is 2. The number of benzene rings is 2. The van der Waals surface area contributed by atoms with E-state index in [0.717, 1.165) is 28.7 Å². The molecule has 0 amide bonds. The van der Waals surface area contributed by atoms with Gasteiger partial charge in [-0.3, -0.25) is 0 Å². The summed E-state index contributed by atoms with van der Waals surface area (Å²) >= 11 is 0. The van der Waals surface area contributed by atoms with Crippen molar-refractivity contribution in [3.8, 4) is 22.8 Å². The lowest BCUT2D eigenvalue weighted by molar-refractivity contribution is -0.159. The standard InChI is InChI=1S/C20H23N3O2.C2H2O4/c1-4-25-17-10-8-15(9-11-17)13-21-20-22-14-19(23(20)2)16-6-5-7-18(12-16)24-3;3-1(4)2(5)6/h5-12,14H,4,13H2,1-3H3,(H,21,22);(H,3,4)(H,5,6). The van der Waals surface area contributed by atoms with Crippen LogP contribution in [0.1, 0.15) is 12.5 Å². The Morgan fingerprint density at radius 3 is 2.32 bits per heavy atom. The lowest BCUT2D eigenvalue weighted by Gasteiger charge is -2.10. The van der Waals surface area contributed by atoms with Crippen molar-refractivity contribution in [3.63, 3.8) is 0 Å². The molecule has 9 nitrogen and oxygen atoms in total. The molecule has 0 aliphatic rings. The molecule has 2 aromatic carbocycles. The lowest BCUT2D eigenvalue weighted by atomic mass is 10.1. The topological polar surface area (TPSA) is 123 Å². The van der Waals surface area contributed by atoms with Crippen LogP contribution >= 0.6 is 0 Å². The molecule has 31 heavy (non-hydrogen) atoms. The van der Waals surface area contributed by atoms with E-state index in [-0.39, 0.29) is 0 Å². The van der Waals surface area contributed by atoms with E-state index >= 15 is 0 Å². The van der Waals surface area contributed by atoms with Gasteiger partial charge in [-0.1, -0.05) is 24.3 Å². The number of methoxy groups -OCH3 is 1. The highest BCUT2D eigenvalue weighted by molar-refractivity contribution is 6.27. The van der Waals surface area contributed by atoms with Gasteiger partial charge in [0.1, 0.15) is 11.5 Å². The maximum Gasteiger partial charge on any atom is 0.414 e. The SMILES string of the molecule is CCOc1ccc(CNc2ncc(-c3cccc(OC)c3)n2C)cc1.O=C(O)C(=O)O. The molecule has 0 aliphatic carbocycles. The van der Waals surface area contributed by atoms with Gasteiger partial charge in [-0.25, -0.2) is 14.6 Å². The highest BCUT2D eigenvalue weighted by Crippen LogP contribution is 2.25. The second kappa shape index (κ2) is 11.2. The summed E-state index contributed by atoms with van der Waals surface area (Å²) in [5.41, 5.74) is 3.28. The van der Waals surface area contributed by atoms with Crippen LogP contribution in [0.25, 0.3) is 11.3 Å². The fourth-order valence-corrected chi connectivity index (χ4v) is 2.68. The first kappa shape index (κ1) is 23.3. The van der Waals surface area contributed by atoms with Gasteiger partial charge < -0.3 is 29.6 Å². The van der Waals surface area contributed by atoms with Crippen molar-refractivity contribution in [2.24, 2.45) is 7.05 Å². The van der Waals surface area contributed by atoms with E-state index in [1.807, 2.05) is 55.1 Å². The molecule has 3 rings (SSSR count). The highest BCUT2D eigenvalue weighted by atomic mass is 16.5. The van der Waals surface area contributed by atoms with Gasteiger partial charge >= 0.3 is 11.9 Å². The minimum Gasteiger partial charge on any atom is -0.497 e. The largest absolute Gasteiger partial charge is 0.497 e. The van der Waals surface area contributed by atoms with E-state index in [0.29, 0.717) is 13.2 Å². The van der Waals surface area contributed by atoms with Crippen LogP contribution in [-0.2, 0) is 23.2 Å². The molecular formula is C22H25N3O6. The average molecular weight is 427 g/mol. The van der Waals surface area contributed by atoms with E-state index in [9.17, 15) is 0 Å². The van der Waals surface area contributed by atoms with Gasteiger partial charge in [0.05, 0.1) is 25.6 Å². The van der Waals surface area contributed by atoms with Crippen LogP contribution in [0.2, 0.25) is 0 Å². The van der Waals surface area contributed by atoms with Crippen molar-refractivity contribution in [1.82, 2.24) is 9.55 Å². The molecule has 3 aromatic rings. The molecule has 0 unspecified atom stereocenters. The molecule has 1 heterocycles. The van der Waals surface area contributed by atoms with Crippen LogP contribution in [0, 0.1) is 0 Å². The number of carboxylic acids is 2. The number of anilines is 1. The summed E-state index contributed by atoms with van der Waals surface area (Å²) in [7, 11) is 3.68. The predicted octanol–water partition coefficient (Wildman–Crippen LogP) is 3.26. The van der Waals surface area contributed by atoms with Crippen molar-refractivity contribution >= 4 is 17.9 Å². The van der Waals surface area contributed by atoms with Gasteiger partial charge in [-0.2, -0.15) is 0 Å². The number of aromatic nitrogens is 2. The van der Waals surface area contributed by atoms with Crippen molar-refractivity contribution < 1.29 is 29.3 Å². The number of carbonyl (C=O) groups is 2. The van der Waals surface area contributed by atoms with Crippen molar-refractivity contribution in [3.05, 3.63) is 60.3 Å². The third-order valence-electron chi connectivity index (χ3n) is 4.22. The zero-order valence-corrected chi connectivity index (χ0v) is 17.5. The summed E-state index contributed by atoms with van der Waals surface area (Å²) in [4.78, 5) is 22.7. The molecule has 0 aliphatic heterocycles. The van der Waals surface area contributed by atoms with Crippen LogP contribution in [0.5, 0.6) is 11.5 Å². The van der Waals surface area contributed by atoms with Crippen molar-refractivity contribution in [2.45, 2.75) is 13.5 Å². The van der Waals surface area contributed by atoms with Crippen molar-refractivity contribution in [2.75, 3.05) is 19.0 Å². The average Bonchev–Trinajstić information content (AvgIpc) is 3.14. The summed E-state index contributed by atoms with van der Waals surface area (Å²) < 4.78 is 12.8. The van der Waals surface area contributed by atoms with E-state index < -0.39 is 11.9 Å². The van der Waals surface area contributed by atoms with Gasteiger partial charge in [-0.05, 0) is 36.8 Å². The molecule has 164 valence electrons. The highest BCUT2D eigenvalue weighted by Gasteiger charge is 2.09. The van der Waals surface area contributed by atoms with E-state index in [2.05, 4.69) is 28.5 Å². The van der Waals surface area contributed by atoms with Crippen LogP contribution < -0.4 is 14.8 Å². The van der Waals surface area contributed by atoms with E-state index in [1.165, 1.54) is 5.56 Å². The molecule has 1 aromatic heterocycles. The number of imidazole rings is 1. The molecule has 0 bridgehead atoms. The van der Waals surface area contributed by atoms with Gasteiger partial charge in [0.25, 0.3) is 0 Å². The molecule has 9 heteroatoms. The van der Waals surface area contributed by atoms with Gasteiger partial charge in [0, 0.05) is 19.2 Å². The monoisotopic (exact) mass is 427 g/mol. The van der Waals surface area contributed by atoms with Crippen LogP contribution in [0.3, 0.4) is 0 Å². The molecule has 0 fully saturated rings. The minimum atomic E-state index is -1.82. The van der Waals surface area contributed by atoms with Crippen LogP contribution in [0.4, 0.5) is 5.95 Å². The summed E-state index contributed by atoms with van der Waals surface area (Å²) in [6.45, 7) is 3.36. The molecule has 0 saturated carbocycles. The van der Waals surface area contributed by atoms with E-state index in [1.54, 1.807) is 7.11 Å². The van der Waals surface area contributed by atoms with Crippen molar-refractivity contribution in [1.29, 1.82) is 0 Å².